The normalized spacial score (nSPS) is 14.9. The lowest BCUT2D eigenvalue weighted by atomic mass is 10.2. The van der Waals surface area contributed by atoms with Crippen LogP contribution in [-0.2, 0) is 13.1 Å². The minimum Gasteiger partial charge on any atom is -0.346 e. The van der Waals surface area contributed by atoms with Gasteiger partial charge >= 0.3 is 0 Å². The van der Waals surface area contributed by atoms with Crippen molar-refractivity contribution in [1.82, 2.24) is 29.7 Å². The van der Waals surface area contributed by atoms with Gasteiger partial charge in [-0.25, -0.2) is 9.97 Å². The summed E-state index contributed by atoms with van der Waals surface area (Å²) in [6.07, 6.45) is 2.41. The third-order valence-corrected chi connectivity index (χ3v) is 5.00. The van der Waals surface area contributed by atoms with Crippen molar-refractivity contribution in [2.75, 3.05) is 13.1 Å². The van der Waals surface area contributed by atoms with Crippen LogP contribution in [0.2, 0.25) is 0 Å². The molecule has 7 nitrogen and oxygen atoms in total. The van der Waals surface area contributed by atoms with Gasteiger partial charge in [0.1, 0.15) is 11.5 Å². The van der Waals surface area contributed by atoms with Crippen molar-refractivity contribution in [3.05, 3.63) is 47.8 Å². The fourth-order valence-corrected chi connectivity index (χ4v) is 3.38. The Morgan fingerprint density at radius 1 is 1.36 bits per heavy atom. The summed E-state index contributed by atoms with van der Waals surface area (Å²) in [5, 5.41) is 2.95. The lowest BCUT2D eigenvalue weighted by Gasteiger charge is -2.26. The molecule has 0 spiro atoms. The van der Waals surface area contributed by atoms with Crippen LogP contribution in [-0.4, -0.2) is 49.5 Å². The highest BCUT2D eigenvalue weighted by molar-refractivity contribution is 5.94. The number of aromatic nitrogens is 4. The van der Waals surface area contributed by atoms with E-state index in [2.05, 4.69) is 48.5 Å². The second kappa shape index (κ2) is 7.87. The fourth-order valence-electron chi connectivity index (χ4n) is 3.38. The summed E-state index contributed by atoms with van der Waals surface area (Å²) in [6.45, 7) is 7.98. The number of carbonyl (C=O) groups excluding carboxylic acids is 1. The minimum atomic E-state index is -0.216. The van der Waals surface area contributed by atoms with Gasteiger partial charge in [0, 0.05) is 25.6 Å². The average Bonchev–Trinajstić information content (AvgIpc) is 3.31. The smallest absolute Gasteiger partial charge is 0.287 e. The minimum absolute atomic E-state index is 0.0763. The van der Waals surface area contributed by atoms with Crippen LogP contribution in [0.1, 0.15) is 42.4 Å². The maximum absolute atomic E-state index is 12.4. The standard InChI is InChI=1S/C21H24N6O/c1-3-26-11-12-27-16(13-22-19(27)14-26)8-6-7-15(2)23-21(28)20-24-17-9-4-5-10-18(17)25-20/h4-5,9-10,13,15H,3,7,11-12,14H2,1-2H3,(H,23,28)(H,24,25)/t15-/m0/s1. The first-order valence-electron chi connectivity index (χ1n) is 9.65. The Kier molecular flexibility index (Phi) is 5.13. The largest absolute Gasteiger partial charge is 0.346 e. The monoisotopic (exact) mass is 376 g/mol. The first kappa shape index (κ1) is 18.3. The molecule has 144 valence electrons. The predicted octanol–water partition coefficient (Wildman–Crippen LogP) is 2.16. The summed E-state index contributed by atoms with van der Waals surface area (Å²) in [5.74, 6) is 7.57. The Bertz CT molecular complexity index is 1020. The quantitative estimate of drug-likeness (QED) is 0.684. The number of amides is 1. The van der Waals surface area contributed by atoms with Crippen molar-refractivity contribution in [2.45, 2.75) is 39.4 Å². The number of aromatic amines is 1. The number of likely N-dealkylation sites (N-methyl/N-ethyl adjacent to an activating group) is 1. The zero-order valence-corrected chi connectivity index (χ0v) is 16.2. The molecule has 1 aliphatic heterocycles. The SMILES string of the molecule is CCN1CCn2c(C#CC[C@H](C)NC(=O)c3nc4ccccc4[nH]3)cnc2C1. The zero-order valence-electron chi connectivity index (χ0n) is 16.2. The number of nitrogens with one attached hydrogen (secondary N) is 2. The van der Waals surface area contributed by atoms with Crippen LogP contribution in [0.3, 0.4) is 0 Å². The van der Waals surface area contributed by atoms with Crippen LogP contribution in [0.5, 0.6) is 0 Å². The Hall–Kier alpha value is -3.11. The van der Waals surface area contributed by atoms with E-state index in [1.807, 2.05) is 37.4 Å². The van der Waals surface area contributed by atoms with Gasteiger partial charge in [0.05, 0.1) is 23.8 Å². The van der Waals surface area contributed by atoms with Crippen LogP contribution < -0.4 is 5.32 Å². The number of benzene rings is 1. The van der Waals surface area contributed by atoms with Crippen LogP contribution in [0.4, 0.5) is 0 Å². The van der Waals surface area contributed by atoms with Gasteiger partial charge in [-0.15, -0.1) is 0 Å². The van der Waals surface area contributed by atoms with E-state index in [1.165, 1.54) is 0 Å². The number of H-pyrrole nitrogens is 1. The number of hydrogen-bond donors (Lipinski definition) is 2. The highest BCUT2D eigenvalue weighted by atomic mass is 16.2. The molecule has 3 heterocycles. The lowest BCUT2D eigenvalue weighted by Crippen LogP contribution is -2.34. The van der Waals surface area contributed by atoms with Gasteiger partial charge in [0.15, 0.2) is 5.82 Å². The first-order valence-corrected chi connectivity index (χ1v) is 9.65. The molecule has 1 aromatic carbocycles. The summed E-state index contributed by atoms with van der Waals surface area (Å²) in [4.78, 5) is 26.6. The average molecular weight is 376 g/mol. The third kappa shape index (κ3) is 3.78. The second-order valence-electron chi connectivity index (χ2n) is 7.06. The highest BCUT2D eigenvalue weighted by Crippen LogP contribution is 2.13. The van der Waals surface area contributed by atoms with Crippen LogP contribution >= 0.6 is 0 Å². The molecule has 28 heavy (non-hydrogen) atoms. The number of fused-ring (bicyclic) bond motifs is 2. The summed E-state index contributed by atoms with van der Waals surface area (Å²) in [5.41, 5.74) is 2.58. The molecule has 3 aromatic rings. The molecule has 0 saturated carbocycles. The van der Waals surface area contributed by atoms with Crippen molar-refractivity contribution >= 4 is 16.9 Å². The van der Waals surface area contributed by atoms with Gasteiger partial charge < -0.3 is 14.9 Å². The summed E-state index contributed by atoms with van der Waals surface area (Å²) < 4.78 is 2.19. The van der Waals surface area contributed by atoms with E-state index in [1.54, 1.807) is 0 Å². The Morgan fingerprint density at radius 3 is 3.04 bits per heavy atom. The molecule has 0 radical (unpaired) electrons. The van der Waals surface area contributed by atoms with Crippen LogP contribution in [0.15, 0.2) is 30.5 Å². The van der Waals surface area contributed by atoms with Gasteiger partial charge in [-0.2, -0.15) is 0 Å². The van der Waals surface area contributed by atoms with E-state index >= 15 is 0 Å². The molecule has 4 rings (SSSR count). The molecule has 0 saturated heterocycles. The molecule has 0 aliphatic carbocycles. The van der Waals surface area contributed by atoms with Crippen molar-refractivity contribution in [3.8, 4) is 11.8 Å². The second-order valence-corrected chi connectivity index (χ2v) is 7.06. The Balaban J connectivity index is 1.36. The number of carbonyl (C=O) groups is 1. The van der Waals surface area contributed by atoms with Gasteiger partial charge in [-0.1, -0.05) is 25.0 Å². The van der Waals surface area contributed by atoms with Crippen molar-refractivity contribution < 1.29 is 4.79 Å². The topological polar surface area (TPSA) is 78.8 Å². The number of para-hydroxylation sites is 2. The maximum atomic E-state index is 12.4. The molecule has 7 heteroatoms. The summed E-state index contributed by atoms with van der Waals surface area (Å²) >= 11 is 0. The van der Waals surface area contributed by atoms with E-state index in [9.17, 15) is 4.79 Å². The third-order valence-electron chi connectivity index (χ3n) is 5.00. The highest BCUT2D eigenvalue weighted by Gasteiger charge is 2.18. The zero-order chi connectivity index (χ0) is 19.5. The van der Waals surface area contributed by atoms with E-state index in [0.717, 1.165) is 48.7 Å². The Labute approximate surface area is 164 Å². The van der Waals surface area contributed by atoms with E-state index < -0.39 is 0 Å². The molecule has 1 aliphatic rings. The number of nitrogens with zero attached hydrogens (tertiary/aromatic N) is 4. The lowest BCUT2D eigenvalue weighted by molar-refractivity contribution is 0.0931. The molecule has 2 aromatic heterocycles. The van der Waals surface area contributed by atoms with Gasteiger partial charge in [0.25, 0.3) is 5.91 Å². The fraction of sp³-hybridized carbons (Fsp3) is 0.381. The predicted molar refractivity (Wildman–Crippen MR) is 108 cm³/mol. The van der Waals surface area contributed by atoms with E-state index in [0.29, 0.717) is 12.2 Å². The molecule has 1 amide bonds. The van der Waals surface area contributed by atoms with E-state index in [-0.39, 0.29) is 11.9 Å². The van der Waals surface area contributed by atoms with Crippen molar-refractivity contribution in [1.29, 1.82) is 0 Å². The Morgan fingerprint density at radius 2 is 2.21 bits per heavy atom. The molecular weight excluding hydrogens is 352 g/mol. The van der Waals surface area contributed by atoms with E-state index in [4.69, 9.17) is 0 Å². The van der Waals surface area contributed by atoms with Gasteiger partial charge in [-0.3, -0.25) is 9.69 Å². The molecule has 0 fully saturated rings. The molecule has 0 unspecified atom stereocenters. The van der Waals surface area contributed by atoms with Gasteiger partial charge in [0.2, 0.25) is 0 Å². The first-order chi connectivity index (χ1) is 13.6. The number of rotatable bonds is 4. The summed E-state index contributed by atoms with van der Waals surface area (Å²) in [7, 11) is 0. The number of hydrogen-bond acceptors (Lipinski definition) is 4. The van der Waals surface area contributed by atoms with Crippen molar-refractivity contribution in [2.24, 2.45) is 0 Å². The van der Waals surface area contributed by atoms with Crippen LogP contribution in [0, 0.1) is 11.8 Å². The number of imidazole rings is 2. The molecule has 1 atom stereocenters. The van der Waals surface area contributed by atoms with Gasteiger partial charge in [-0.05, 0) is 31.5 Å². The molecular formula is C21H24N6O. The van der Waals surface area contributed by atoms with Crippen molar-refractivity contribution in [3.63, 3.8) is 0 Å². The summed E-state index contributed by atoms with van der Waals surface area (Å²) in [6, 6.07) is 7.52. The molecule has 2 N–H and O–H groups in total. The maximum Gasteiger partial charge on any atom is 0.287 e. The van der Waals surface area contributed by atoms with Crippen LogP contribution in [0.25, 0.3) is 11.0 Å². The molecule has 0 bridgehead atoms.